The Morgan fingerprint density at radius 3 is 1.47 bits per heavy atom. The van der Waals surface area contributed by atoms with E-state index in [1.54, 1.807) is 0 Å². The molecule has 226 valence electrons. The number of nitrogens with zero attached hydrogens (tertiary/aromatic N) is 1. The zero-order valence-electron chi connectivity index (χ0n) is 26.7. The van der Waals surface area contributed by atoms with Crippen LogP contribution in [-0.2, 0) is 0 Å². The number of hydrogen-bond acceptors (Lipinski definition) is 0. The molecule has 2 aliphatic carbocycles. The topological polar surface area (TPSA) is 4.93 Å². The minimum Gasteiger partial charge on any atom is -0.309 e. The van der Waals surface area contributed by atoms with E-state index >= 15 is 0 Å². The van der Waals surface area contributed by atoms with Crippen LogP contribution in [0.15, 0.2) is 176 Å². The fourth-order valence-electron chi connectivity index (χ4n) is 8.71. The van der Waals surface area contributed by atoms with Crippen molar-refractivity contribution in [3.8, 4) is 5.69 Å². The van der Waals surface area contributed by atoms with Gasteiger partial charge in [-0.15, -0.1) is 0 Å². The zero-order valence-corrected chi connectivity index (χ0v) is 26.7. The number of aromatic nitrogens is 1. The number of fused-ring (bicyclic) bond motifs is 12. The highest BCUT2D eigenvalue weighted by Gasteiger charge is 2.39. The summed E-state index contributed by atoms with van der Waals surface area (Å²) < 4.78 is 2.40. The molecule has 0 aliphatic heterocycles. The average molecular weight is 620 g/mol. The molecule has 0 radical (unpaired) electrons. The highest BCUT2D eigenvalue weighted by Crippen LogP contribution is 2.61. The second kappa shape index (κ2) is 10.0. The largest absolute Gasteiger partial charge is 0.309 e. The summed E-state index contributed by atoms with van der Waals surface area (Å²) >= 11 is 0. The maximum atomic E-state index is 2.45. The van der Waals surface area contributed by atoms with Gasteiger partial charge in [-0.25, -0.2) is 0 Å². The number of hydrogen-bond donors (Lipinski definition) is 0. The van der Waals surface area contributed by atoms with Crippen molar-refractivity contribution in [2.24, 2.45) is 0 Å². The molecule has 11 rings (SSSR count). The van der Waals surface area contributed by atoms with E-state index in [9.17, 15) is 0 Å². The molecule has 0 atom stereocenters. The lowest BCUT2D eigenvalue weighted by molar-refractivity contribution is 1.18. The molecule has 1 nitrogen and oxygen atoms in total. The molecule has 0 saturated heterocycles. The Morgan fingerprint density at radius 2 is 0.816 bits per heavy atom. The van der Waals surface area contributed by atoms with Gasteiger partial charge in [-0.3, -0.25) is 0 Å². The first-order valence-corrected chi connectivity index (χ1v) is 17.0. The Hall–Kier alpha value is -6.44. The molecule has 9 aromatic rings. The zero-order chi connectivity index (χ0) is 32.1. The van der Waals surface area contributed by atoms with Gasteiger partial charge in [-0.05, 0) is 108 Å². The van der Waals surface area contributed by atoms with Gasteiger partial charge in [0.1, 0.15) is 0 Å². The first-order valence-electron chi connectivity index (χ1n) is 17.0. The third-order valence-corrected chi connectivity index (χ3v) is 10.7. The smallest absolute Gasteiger partial charge is 0.0541 e. The van der Waals surface area contributed by atoms with Crippen LogP contribution in [0.2, 0.25) is 0 Å². The van der Waals surface area contributed by atoms with Gasteiger partial charge in [-0.1, -0.05) is 146 Å². The van der Waals surface area contributed by atoms with E-state index in [1.807, 2.05) is 0 Å². The molecule has 0 saturated carbocycles. The highest BCUT2D eigenvalue weighted by atomic mass is 15.0. The Morgan fingerprint density at radius 1 is 0.306 bits per heavy atom. The lowest BCUT2D eigenvalue weighted by atomic mass is 9.88. The van der Waals surface area contributed by atoms with E-state index in [0.717, 1.165) is 0 Å². The summed E-state index contributed by atoms with van der Waals surface area (Å²) in [6.07, 6.45) is 0. The molecule has 0 amide bonds. The number of benzene rings is 8. The second-order valence-corrected chi connectivity index (χ2v) is 13.2. The summed E-state index contributed by atoms with van der Waals surface area (Å²) in [5, 5.41) is 7.67. The van der Waals surface area contributed by atoms with Crippen LogP contribution >= 0.6 is 0 Å². The average Bonchev–Trinajstić information content (AvgIpc) is 3.80. The van der Waals surface area contributed by atoms with Crippen LogP contribution in [0.25, 0.3) is 71.3 Å². The van der Waals surface area contributed by atoms with Crippen molar-refractivity contribution in [3.63, 3.8) is 0 Å². The maximum absolute atomic E-state index is 2.45. The standard InChI is InChI=1S/C48H29N/c1-3-15-32(16-4-1)43-38-26-23-30-13-7-9-19-35(30)45(38)48-44(39-27-24-31-14-8-10-20-36(31)46(39)47(43)48)33-25-28-42-40(29-33)37-21-11-12-22-41(37)49(42)34-17-5-2-6-18-34/h1-29H. The molecule has 1 aromatic heterocycles. The van der Waals surface area contributed by atoms with Gasteiger partial charge in [0.05, 0.1) is 11.0 Å². The van der Waals surface area contributed by atoms with E-state index in [-0.39, 0.29) is 0 Å². The molecule has 49 heavy (non-hydrogen) atoms. The first kappa shape index (κ1) is 26.6. The minimum atomic E-state index is 1.18. The summed E-state index contributed by atoms with van der Waals surface area (Å²) in [6.45, 7) is 0. The third-order valence-electron chi connectivity index (χ3n) is 10.7. The Kier molecular flexibility index (Phi) is 5.45. The van der Waals surface area contributed by atoms with E-state index in [1.165, 1.54) is 105 Å². The molecule has 0 fully saturated rings. The Balaban J connectivity index is 1.30. The lowest BCUT2D eigenvalue weighted by Gasteiger charge is -2.15. The quantitative estimate of drug-likeness (QED) is 0.185. The van der Waals surface area contributed by atoms with Crippen molar-refractivity contribution in [2.75, 3.05) is 0 Å². The molecule has 8 aromatic carbocycles. The monoisotopic (exact) mass is 619 g/mol. The summed E-state index contributed by atoms with van der Waals surface area (Å²) in [5.74, 6) is 0. The van der Waals surface area contributed by atoms with E-state index in [2.05, 4.69) is 180 Å². The van der Waals surface area contributed by atoms with E-state index in [4.69, 9.17) is 0 Å². The fraction of sp³-hybridized carbons (Fsp3) is 0. The lowest BCUT2D eigenvalue weighted by Crippen LogP contribution is -1.95. The minimum absolute atomic E-state index is 1.18. The molecule has 0 spiro atoms. The van der Waals surface area contributed by atoms with Gasteiger partial charge in [-0.2, -0.15) is 0 Å². The summed E-state index contributed by atoms with van der Waals surface area (Å²) in [7, 11) is 0. The van der Waals surface area contributed by atoms with Crippen molar-refractivity contribution in [3.05, 3.63) is 209 Å². The van der Waals surface area contributed by atoms with E-state index in [0.29, 0.717) is 0 Å². The Labute approximate surface area is 284 Å². The van der Waals surface area contributed by atoms with Crippen molar-refractivity contribution in [1.82, 2.24) is 4.57 Å². The van der Waals surface area contributed by atoms with Gasteiger partial charge < -0.3 is 4.57 Å². The van der Waals surface area contributed by atoms with Crippen molar-refractivity contribution in [2.45, 2.75) is 0 Å². The van der Waals surface area contributed by atoms with Gasteiger partial charge >= 0.3 is 0 Å². The molecule has 0 bridgehead atoms. The number of rotatable bonds is 3. The van der Waals surface area contributed by atoms with Gasteiger partial charge in [0.2, 0.25) is 0 Å². The molecule has 0 N–H and O–H groups in total. The van der Waals surface area contributed by atoms with Crippen LogP contribution in [0.5, 0.6) is 0 Å². The van der Waals surface area contributed by atoms with Crippen LogP contribution in [0, 0.1) is 0 Å². The van der Waals surface area contributed by atoms with Crippen LogP contribution in [-0.4, -0.2) is 4.57 Å². The Bertz CT molecular complexity index is 2900. The van der Waals surface area contributed by atoms with Gasteiger partial charge in [0.15, 0.2) is 0 Å². The van der Waals surface area contributed by atoms with Crippen molar-refractivity contribution < 1.29 is 0 Å². The van der Waals surface area contributed by atoms with Crippen LogP contribution < -0.4 is 0 Å². The van der Waals surface area contributed by atoms with Gasteiger partial charge in [0.25, 0.3) is 0 Å². The highest BCUT2D eigenvalue weighted by molar-refractivity contribution is 6.39. The normalized spacial score (nSPS) is 13.6. The van der Waals surface area contributed by atoms with Crippen LogP contribution in [0.1, 0.15) is 33.4 Å². The number of allylic oxidation sites excluding steroid dienone is 2. The van der Waals surface area contributed by atoms with Crippen LogP contribution in [0.3, 0.4) is 0 Å². The third kappa shape index (κ3) is 3.65. The van der Waals surface area contributed by atoms with Crippen molar-refractivity contribution >= 4 is 65.6 Å². The number of para-hydroxylation sites is 2. The van der Waals surface area contributed by atoms with E-state index < -0.39 is 0 Å². The summed E-state index contributed by atoms with van der Waals surface area (Å²) in [4.78, 5) is 0. The predicted octanol–water partition coefficient (Wildman–Crippen LogP) is 12.3. The molecular formula is C48H29N. The van der Waals surface area contributed by atoms with Gasteiger partial charge in [0, 0.05) is 16.5 Å². The molecular weight excluding hydrogens is 591 g/mol. The predicted molar refractivity (Wildman–Crippen MR) is 207 cm³/mol. The molecule has 2 aliphatic rings. The fourth-order valence-corrected chi connectivity index (χ4v) is 8.71. The second-order valence-electron chi connectivity index (χ2n) is 13.2. The first-order chi connectivity index (χ1) is 24.3. The summed E-state index contributed by atoms with van der Waals surface area (Å²) in [6, 6.07) is 64.8. The van der Waals surface area contributed by atoms with Crippen molar-refractivity contribution in [1.29, 1.82) is 0 Å². The maximum Gasteiger partial charge on any atom is 0.0541 e. The summed E-state index contributed by atoms with van der Waals surface area (Å²) in [5.41, 5.74) is 16.8. The molecule has 1 heteroatoms. The SMILES string of the molecule is c1ccc(C2=C3C(=C(c4ccc5c(c4)c4ccccc4n5-c4ccccc4)c4ccc5ccccc5c43)c3c2ccc2ccccc32)cc1. The molecule has 0 unspecified atom stereocenters. The molecule has 1 heterocycles. The van der Waals surface area contributed by atoms with Crippen LogP contribution in [0.4, 0.5) is 0 Å².